The van der Waals surface area contributed by atoms with Gasteiger partial charge in [0.2, 0.25) is 0 Å². The normalized spacial score (nSPS) is 10.1. The fraction of sp³-hybridized carbons (Fsp3) is 0.455. The summed E-state index contributed by atoms with van der Waals surface area (Å²) in [7, 11) is 0. The highest BCUT2D eigenvalue weighted by atomic mass is 79.9. The molecule has 4 heteroatoms. The molecule has 1 rings (SSSR count). The lowest BCUT2D eigenvalue weighted by atomic mass is 10.2. The van der Waals surface area contributed by atoms with Gasteiger partial charge in [0, 0.05) is 5.56 Å². The Bertz CT molecular complexity index is 350. The van der Waals surface area contributed by atoms with Gasteiger partial charge in [-0.05, 0) is 42.8 Å². The molecule has 0 radical (unpaired) electrons. The van der Waals surface area contributed by atoms with E-state index in [4.69, 9.17) is 9.47 Å². The molecule has 0 fully saturated rings. The van der Waals surface area contributed by atoms with E-state index in [1.165, 1.54) is 0 Å². The van der Waals surface area contributed by atoms with Crippen molar-refractivity contribution in [2.45, 2.75) is 20.8 Å². The second-order valence-corrected chi connectivity index (χ2v) is 3.88. The molecule has 1 N–H and O–H groups in total. The first kappa shape index (κ1) is 12.2. The number of phenols is 1. The number of ether oxygens (including phenoxy) is 2. The van der Waals surface area contributed by atoms with Gasteiger partial charge in [0.15, 0.2) is 11.5 Å². The van der Waals surface area contributed by atoms with Crippen LogP contribution in [0, 0.1) is 6.92 Å². The van der Waals surface area contributed by atoms with Crippen molar-refractivity contribution in [3.05, 3.63) is 16.1 Å². The maximum atomic E-state index is 9.77. The molecule has 0 aliphatic carbocycles. The van der Waals surface area contributed by atoms with Crippen molar-refractivity contribution in [1.29, 1.82) is 0 Å². The van der Waals surface area contributed by atoms with E-state index in [-0.39, 0.29) is 5.75 Å². The fourth-order valence-corrected chi connectivity index (χ4v) is 1.70. The Morgan fingerprint density at radius 1 is 1.27 bits per heavy atom. The second kappa shape index (κ2) is 5.26. The van der Waals surface area contributed by atoms with Gasteiger partial charge in [-0.1, -0.05) is 0 Å². The van der Waals surface area contributed by atoms with Gasteiger partial charge in [0.1, 0.15) is 5.75 Å². The lowest BCUT2D eigenvalue weighted by Gasteiger charge is -2.14. The van der Waals surface area contributed by atoms with Crippen LogP contribution >= 0.6 is 15.9 Å². The first-order valence-electron chi connectivity index (χ1n) is 4.89. The average Bonchev–Trinajstić information content (AvgIpc) is 2.21. The number of halogens is 1. The minimum absolute atomic E-state index is 0.123. The van der Waals surface area contributed by atoms with E-state index in [9.17, 15) is 5.11 Å². The fourth-order valence-electron chi connectivity index (χ4n) is 1.32. The van der Waals surface area contributed by atoms with Crippen molar-refractivity contribution in [3.63, 3.8) is 0 Å². The van der Waals surface area contributed by atoms with E-state index in [1.807, 2.05) is 20.8 Å². The quantitative estimate of drug-likeness (QED) is 0.916. The molecule has 0 aliphatic rings. The predicted octanol–water partition coefficient (Wildman–Crippen LogP) is 3.26. The molecule has 0 atom stereocenters. The minimum Gasteiger partial charge on any atom is -0.503 e. The van der Waals surface area contributed by atoms with Gasteiger partial charge < -0.3 is 14.6 Å². The number of hydrogen-bond donors (Lipinski definition) is 1. The highest BCUT2D eigenvalue weighted by molar-refractivity contribution is 9.10. The van der Waals surface area contributed by atoms with E-state index in [2.05, 4.69) is 15.9 Å². The van der Waals surface area contributed by atoms with Gasteiger partial charge in [0.25, 0.3) is 0 Å². The Labute approximate surface area is 98.1 Å². The highest BCUT2D eigenvalue weighted by Gasteiger charge is 2.15. The maximum Gasteiger partial charge on any atom is 0.172 e. The van der Waals surface area contributed by atoms with Crippen LogP contribution in [0.2, 0.25) is 0 Å². The third kappa shape index (κ3) is 2.56. The van der Waals surface area contributed by atoms with Crippen LogP contribution in [0.25, 0.3) is 0 Å². The first-order chi connectivity index (χ1) is 7.11. The monoisotopic (exact) mass is 274 g/mol. The molecule has 0 unspecified atom stereocenters. The Morgan fingerprint density at radius 2 is 1.87 bits per heavy atom. The standard InChI is InChI=1S/C11H15BrO3/c1-4-14-9-6-8(12)10(13)11(7(9)3)15-5-2/h6,13H,4-5H2,1-3H3. The summed E-state index contributed by atoms with van der Waals surface area (Å²) in [6.45, 7) is 6.75. The summed E-state index contributed by atoms with van der Waals surface area (Å²) in [6.07, 6.45) is 0. The molecule has 84 valence electrons. The summed E-state index contributed by atoms with van der Waals surface area (Å²) in [5, 5.41) is 9.77. The molecule has 1 aromatic rings. The summed E-state index contributed by atoms with van der Waals surface area (Å²) < 4.78 is 11.4. The summed E-state index contributed by atoms with van der Waals surface area (Å²) in [5.41, 5.74) is 0.819. The second-order valence-electron chi connectivity index (χ2n) is 3.03. The van der Waals surface area contributed by atoms with Crippen molar-refractivity contribution in [3.8, 4) is 17.2 Å². The van der Waals surface area contributed by atoms with Crippen LogP contribution in [0.4, 0.5) is 0 Å². The maximum absolute atomic E-state index is 9.77. The first-order valence-corrected chi connectivity index (χ1v) is 5.68. The molecule has 0 aromatic heterocycles. The number of hydrogen-bond acceptors (Lipinski definition) is 3. The number of rotatable bonds is 4. The van der Waals surface area contributed by atoms with Crippen LogP contribution in [-0.2, 0) is 0 Å². The Hall–Kier alpha value is -0.900. The van der Waals surface area contributed by atoms with Crippen molar-refractivity contribution in [2.24, 2.45) is 0 Å². The van der Waals surface area contributed by atoms with Crippen LogP contribution in [-0.4, -0.2) is 18.3 Å². The summed E-state index contributed by atoms with van der Waals surface area (Å²) >= 11 is 3.26. The highest BCUT2D eigenvalue weighted by Crippen LogP contribution is 2.42. The molecular formula is C11H15BrO3. The van der Waals surface area contributed by atoms with Crippen LogP contribution in [0.1, 0.15) is 19.4 Å². The molecule has 3 nitrogen and oxygen atoms in total. The van der Waals surface area contributed by atoms with Crippen molar-refractivity contribution >= 4 is 15.9 Å². The number of phenolic OH excluding ortho intramolecular Hbond substituents is 1. The molecule has 0 bridgehead atoms. The average molecular weight is 275 g/mol. The van der Waals surface area contributed by atoms with Gasteiger partial charge in [0.05, 0.1) is 17.7 Å². The summed E-state index contributed by atoms with van der Waals surface area (Å²) in [5.74, 6) is 1.33. The Kier molecular flexibility index (Phi) is 4.27. The summed E-state index contributed by atoms with van der Waals surface area (Å²) in [4.78, 5) is 0. The van der Waals surface area contributed by atoms with Crippen LogP contribution < -0.4 is 9.47 Å². The third-order valence-electron chi connectivity index (χ3n) is 2.00. The topological polar surface area (TPSA) is 38.7 Å². The van der Waals surface area contributed by atoms with Crippen LogP contribution in [0.3, 0.4) is 0 Å². The summed E-state index contributed by atoms with van der Waals surface area (Å²) in [6, 6.07) is 1.75. The zero-order chi connectivity index (χ0) is 11.4. The van der Waals surface area contributed by atoms with Crippen LogP contribution in [0.15, 0.2) is 10.5 Å². The molecule has 0 saturated carbocycles. The van der Waals surface area contributed by atoms with E-state index in [1.54, 1.807) is 6.07 Å². The molecule has 0 amide bonds. The van der Waals surface area contributed by atoms with Gasteiger partial charge in [-0.3, -0.25) is 0 Å². The van der Waals surface area contributed by atoms with Crippen molar-refractivity contribution in [1.82, 2.24) is 0 Å². The lowest BCUT2D eigenvalue weighted by Crippen LogP contribution is -1.99. The number of aromatic hydroxyl groups is 1. The predicted molar refractivity (Wildman–Crippen MR) is 62.9 cm³/mol. The molecule has 0 saturated heterocycles. The zero-order valence-electron chi connectivity index (χ0n) is 9.13. The molecule has 15 heavy (non-hydrogen) atoms. The smallest absolute Gasteiger partial charge is 0.172 e. The van der Waals surface area contributed by atoms with Gasteiger partial charge in [-0.15, -0.1) is 0 Å². The molecule has 1 aromatic carbocycles. The van der Waals surface area contributed by atoms with Gasteiger partial charge in [-0.25, -0.2) is 0 Å². The zero-order valence-corrected chi connectivity index (χ0v) is 10.7. The van der Waals surface area contributed by atoms with E-state index in [0.29, 0.717) is 23.4 Å². The third-order valence-corrected chi connectivity index (χ3v) is 2.60. The molecule has 0 spiro atoms. The number of benzene rings is 1. The van der Waals surface area contributed by atoms with E-state index >= 15 is 0 Å². The lowest BCUT2D eigenvalue weighted by molar-refractivity contribution is 0.302. The molecule has 0 aliphatic heterocycles. The van der Waals surface area contributed by atoms with Gasteiger partial charge in [-0.2, -0.15) is 0 Å². The van der Waals surface area contributed by atoms with Crippen molar-refractivity contribution in [2.75, 3.05) is 13.2 Å². The van der Waals surface area contributed by atoms with E-state index < -0.39 is 0 Å². The largest absolute Gasteiger partial charge is 0.503 e. The van der Waals surface area contributed by atoms with Gasteiger partial charge >= 0.3 is 0 Å². The Balaban J connectivity index is 3.22. The van der Waals surface area contributed by atoms with Crippen LogP contribution in [0.5, 0.6) is 17.2 Å². The minimum atomic E-state index is 0.123. The molecule has 0 heterocycles. The Morgan fingerprint density at radius 3 is 2.40 bits per heavy atom. The SMILES string of the molecule is CCOc1cc(Br)c(O)c(OCC)c1C. The van der Waals surface area contributed by atoms with Crippen molar-refractivity contribution < 1.29 is 14.6 Å². The molecular weight excluding hydrogens is 260 g/mol. The van der Waals surface area contributed by atoms with E-state index in [0.717, 1.165) is 11.3 Å².